The summed E-state index contributed by atoms with van der Waals surface area (Å²) in [6.45, 7) is 10.2. The zero-order valence-electron chi connectivity index (χ0n) is 73.8. The van der Waals surface area contributed by atoms with Crippen molar-refractivity contribution < 1.29 is 107 Å². The van der Waals surface area contributed by atoms with Crippen LogP contribution in [0.15, 0.2) is 113 Å². The van der Waals surface area contributed by atoms with Crippen molar-refractivity contribution in [3.05, 3.63) is 162 Å². The van der Waals surface area contributed by atoms with E-state index < -0.39 is 230 Å². The van der Waals surface area contributed by atoms with Gasteiger partial charge in [0.15, 0.2) is 0 Å². The molecule has 9 rings (SSSR count). The maximum Gasteiger partial charge on any atom is 0.305 e. The largest absolute Gasteiger partial charge is 0.508 e. The number of aromatic hydroxyl groups is 1. The number of amides is 15. The third-order valence-corrected chi connectivity index (χ3v) is 24.0. The van der Waals surface area contributed by atoms with Crippen molar-refractivity contribution in [2.24, 2.45) is 23.3 Å². The number of carboxylic acid groups (broad SMARTS) is 2. The van der Waals surface area contributed by atoms with Crippen LogP contribution in [-0.2, 0) is 91.1 Å². The number of hydrogen-bond donors (Lipinski definition) is 22. The first-order valence-corrected chi connectivity index (χ1v) is 45.1. The number of carboxylic acids is 2. The minimum Gasteiger partial charge on any atom is -0.508 e. The van der Waals surface area contributed by atoms with Crippen molar-refractivity contribution in [2.45, 2.75) is 192 Å². The molecule has 6 heterocycles. The van der Waals surface area contributed by atoms with Gasteiger partial charge in [0.1, 0.15) is 92.2 Å². The average Bonchev–Trinajstić information content (AvgIpc) is 1.71. The summed E-state index contributed by atoms with van der Waals surface area (Å²) in [5, 5.41) is 82.0. The highest BCUT2D eigenvalue weighted by Gasteiger charge is 2.40. The molecule has 0 aliphatic carbocycles. The summed E-state index contributed by atoms with van der Waals surface area (Å²) < 4.78 is 6.01. The van der Waals surface area contributed by atoms with Crippen molar-refractivity contribution >= 4 is 156 Å². The number of aliphatic hydroxyl groups excluding tert-OH is 1. The number of nitrogens with zero attached hydrogens (tertiary/aromatic N) is 3. The molecule has 0 radical (unpaired) electrons. The van der Waals surface area contributed by atoms with E-state index in [9.17, 15) is 102 Å². The van der Waals surface area contributed by atoms with Crippen molar-refractivity contribution in [1.29, 1.82) is 0 Å². The number of rotatable bonds is 23. The van der Waals surface area contributed by atoms with Gasteiger partial charge in [-0.3, -0.25) is 81.5 Å². The first-order chi connectivity index (χ1) is 63.3. The van der Waals surface area contributed by atoms with E-state index in [1.54, 1.807) is 109 Å². The zero-order valence-corrected chi connectivity index (χ0v) is 76.3. The maximum absolute atomic E-state index is 15.0. The van der Waals surface area contributed by atoms with Gasteiger partial charge in [0.2, 0.25) is 70.9 Å². The summed E-state index contributed by atoms with van der Waals surface area (Å²) in [4.78, 5) is 259. The fourth-order valence-electron chi connectivity index (χ4n) is 13.9. The highest BCUT2D eigenvalue weighted by Crippen LogP contribution is 2.29. The van der Waals surface area contributed by atoms with E-state index in [0.29, 0.717) is 44.9 Å². The Kier molecular flexibility index (Phi) is 37.7. The standard InChI is InChI=1S/C87H109N21O22S3/c1-41(2)24-26-130-45(8)72-84(129)101-57(29-48-34-91-53-18-12-10-16-51(48)53)74(119)93-36-67(113)96-60(32-69(116)117)86-104-64(39-132-86)82(127)106-70(42(3)4)83(128)107-71(43(5)6)87-105-63(40-133-87)80(125)99-56(28-47-33-90-52-17-11-9-15-50(47)52)73(118)92-35-66(112)95-59(31-68(114)115)77(122)97-54(19-13-14-25-88)75(120)98-55(27-46-20-22-49(110)23-21-46)76(121)94-44(7)85-103-62(38-131-85)81(126)102-61(37-109)79(124)100-58(30-65(89)111)78(123)108-72/h9-12,15-18,20-24,33-34,38-40,42-45,54-61,70-72,90-91,109-110H,13-14,19,25-32,35-37,88H2,1-8H3,(H2,89,111)(H,92,118)(H,93,119)(H,94,121)(H,95,112)(H,96,113)(H,97,122)(H,98,120)(H,99,125)(H,100,124)(H,101,129)(H,102,126)(H,106,127)(H,107,128)(H,108,123)(H,114,115)(H,116,117). The first-order valence-electron chi connectivity index (χ1n) is 42.5. The van der Waals surface area contributed by atoms with Crippen LogP contribution in [0.25, 0.3) is 21.8 Å². The Morgan fingerprint density at radius 1 is 0.474 bits per heavy atom. The summed E-state index contributed by atoms with van der Waals surface area (Å²) in [6, 6.07) is 0.992. The Bertz CT molecular complexity index is 5590. The zero-order chi connectivity index (χ0) is 97.0. The van der Waals surface area contributed by atoms with Gasteiger partial charge in [-0.15, -0.1) is 34.0 Å². The number of thiazole rings is 3. The number of hydrogen-bond acceptors (Lipinski definition) is 27. The number of nitrogens with two attached hydrogens (primary N) is 2. The Hall–Kier alpha value is -14.0. The third kappa shape index (κ3) is 30.0. The average molecular weight is 1900 g/mol. The molecule has 24 N–H and O–H groups in total. The van der Waals surface area contributed by atoms with Crippen LogP contribution in [0, 0.1) is 11.8 Å². The summed E-state index contributed by atoms with van der Waals surface area (Å²) in [5.41, 5.74) is 14.1. The predicted molar refractivity (Wildman–Crippen MR) is 485 cm³/mol. The molecule has 6 bridgehead atoms. The molecule has 3 aromatic carbocycles. The summed E-state index contributed by atoms with van der Waals surface area (Å²) >= 11 is 2.60. The molecule has 0 saturated heterocycles. The maximum atomic E-state index is 15.0. The topological polar surface area (TPSA) is 671 Å². The molecule has 43 nitrogen and oxygen atoms in total. The van der Waals surface area contributed by atoms with Gasteiger partial charge in [-0.2, -0.15) is 0 Å². The molecule has 0 saturated carbocycles. The first kappa shape index (κ1) is 103. The van der Waals surface area contributed by atoms with Gasteiger partial charge in [-0.25, -0.2) is 15.0 Å². The molecular formula is C87H109N21O22S3. The normalized spacial score (nSPS) is 22.1. The SMILES string of the molecule is CC(C)=CCOC(C)C1NC(=O)C(CC(N)=O)NC(=O)C(CO)NC(=O)c2csc(n2)C(C)NC(=O)C(Cc2ccc(O)cc2)NC(=O)C(CCCCN)NC(=O)C(CC(=O)O)NC(=O)CNC(=O)C(Cc2c[nH]c3ccccc23)NC(=O)c2csc(n2)C(C(C)C)NC(=O)C(C(C)C)NC(=O)c2csc(n2)C(CC(=O)O)NC(=O)CNC(=O)C(Cc2c[nH]c3ccccc23)NC1=O. The lowest BCUT2D eigenvalue weighted by atomic mass is 10.0. The molecule has 1 aliphatic heterocycles. The van der Waals surface area contributed by atoms with E-state index in [1.807, 2.05) is 0 Å². The molecule has 46 heteroatoms. The smallest absolute Gasteiger partial charge is 0.305 e. The molecule has 0 fully saturated rings. The molecule has 5 aromatic heterocycles. The van der Waals surface area contributed by atoms with Crippen molar-refractivity contribution in [3.8, 4) is 5.75 Å². The van der Waals surface area contributed by atoms with E-state index in [-0.39, 0.29) is 83.1 Å². The van der Waals surface area contributed by atoms with Crippen LogP contribution in [0.3, 0.4) is 0 Å². The summed E-state index contributed by atoms with van der Waals surface area (Å²) in [5.74, 6) is -19.7. The second-order valence-corrected chi connectivity index (χ2v) is 35.1. The number of allylic oxidation sites excluding steroid dienone is 1. The Balaban J connectivity index is 1.03. The quantitative estimate of drug-likeness (QED) is 0.0305. The molecule has 15 amide bonds. The highest BCUT2D eigenvalue weighted by atomic mass is 32.1. The van der Waals surface area contributed by atoms with Gasteiger partial charge in [-0.1, -0.05) is 87.9 Å². The van der Waals surface area contributed by atoms with Crippen LogP contribution in [0.5, 0.6) is 5.75 Å². The monoisotopic (exact) mass is 1900 g/mol. The predicted octanol–water partition coefficient (Wildman–Crippen LogP) is 0.424. The number of unbranched alkanes of at least 4 members (excludes halogenated alkanes) is 1. The number of aliphatic carboxylic acids is 2. The number of phenols is 1. The lowest BCUT2D eigenvalue weighted by Crippen LogP contribution is -2.62. The van der Waals surface area contributed by atoms with Gasteiger partial charge >= 0.3 is 11.9 Å². The van der Waals surface area contributed by atoms with Crippen LogP contribution in [0.1, 0.15) is 175 Å². The lowest BCUT2D eigenvalue weighted by Gasteiger charge is -2.29. The van der Waals surface area contributed by atoms with E-state index >= 15 is 0 Å². The second-order valence-electron chi connectivity index (χ2n) is 32.5. The van der Waals surface area contributed by atoms with Crippen molar-refractivity contribution in [1.82, 2.24) is 99.4 Å². The lowest BCUT2D eigenvalue weighted by molar-refractivity contribution is -0.141. The molecule has 133 heavy (non-hydrogen) atoms. The van der Waals surface area contributed by atoms with Gasteiger partial charge in [-0.05, 0) is 106 Å². The van der Waals surface area contributed by atoms with E-state index in [4.69, 9.17) is 16.2 Å². The molecule has 8 aromatic rings. The number of H-pyrrole nitrogens is 2. The number of phenolic OH excluding ortho intramolecular Hbond substituents is 1. The van der Waals surface area contributed by atoms with Crippen molar-refractivity contribution in [3.63, 3.8) is 0 Å². The molecule has 712 valence electrons. The Labute approximate surface area is 773 Å². The van der Waals surface area contributed by atoms with Crippen molar-refractivity contribution in [2.75, 3.05) is 32.8 Å². The fourth-order valence-corrected chi connectivity index (χ4v) is 16.6. The number of fused-ring (bicyclic) bond motifs is 8. The number of aliphatic hydroxyl groups is 1. The van der Waals surface area contributed by atoms with Gasteiger partial charge in [0, 0.05) is 69.6 Å². The van der Waals surface area contributed by atoms with Gasteiger partial charge in [0.05, 0.1) is 69.8 Å². The number of nitrogens with one attached hydrogen (secondary N) is 16. The number of ether oxygens (including phenoxy) is 1. The summed E-state index contributed by atoms with van der Waals surface area (Å²) in [7, 11) is 0. The molecular weight excluding hydrogens is 1790 g/mol. The number of primary amides is 1. The van der Waals surface area contributed by atoms with E-state index in [0.717, 1.165) is 39.6 Å². The van der Waals surface area contributed by atoms with E-state index in [1.165, 1.54) is 54.3 Å². The molecule has 1 aliphatic rings. The van der Waals surface area contributed by atoms with Crippen LogP contribution in [0.4, 0.5) is 0 Å². The Morgan fingerprint density at radius 3 is 1.46 bits per heavy atom. The number of carbonyl (C=O) groups is 17. The number of para-hydroxylation sites is 2. The molecule has 13 unspecified atom stereocenters. The number of aromatic nitrogens is 5. The fraction of sp³-hybridized carbons (Fsp3) is 0.425. The molecule has 13 atom stereocenters. The number of carbonyl (C=O) groups excluding carboxylic acids is 15. The number of aromatic amines is 2. The second kappa shape index (κ2) is 48.8. The minimum atomic E-state index is -1.97. The highest BCUT2D eigenvalue weighted by molar-refractivity contribution is 7.10. The molecule has 0 spiro atoms. The Morgan fingerprint density at radius 2 is 0.910 bits per heavy atom. The van der Waals surface area contributed by atoms with Crippen LogP contribution in [0.2, 0.25) is 0 Å². The number of benzene rings is 3. The third-order valence-electron chi connectivity index (χ3n) is 21.1. The van der Waals surface area contributed by atoms with Gasteiger partial charge in [0.25, 0.3) is 17.7 Å². The van der Waals surface area contributed by atoms with E-state index in [2.05, 4.69) is 99.4 Å². The summed E-state index contributed by atoms with van der Waals surface area (Å²) in [6.07, 6.45) is 0.245. The van der Waals surface area contributed by atoms with Crippen LogP contribution >= 0.6 is 34.0 Å². The van der Waals surface area contributed by atoms with Crippen LogP contribution < -0.4 is 85.9 Å². The van der Waals surface area contributed by atoms with Gasteiger partial charge < -0.3 is 121 Å². The minimum absolute atomic E-state index is 0.0563. The van der Waals surface area contributed by atoms with Crippen LogP contribution in [-0.4, -0.2) is 239 Å².